The number of amides is 1. The third kappa shape index (κ3) is 1.91. The maximum Gasteiger partial charge on any atom is 0.407 e. The van der Waals surface area contributed by atoms with Crippen molar-refractivity contribution in [1.29, 1.82) is 0 Å². The first-order chi connectivity index (χ1) is 6.10. The molecule has 0 unspecified atom stereocenters. The van der Waals surface area contributed by atoms with Crippen LogP contribution in [-0.2, 0) is 9.53 Å². The summed E-state index contributed by atoms with van der Waals surface area (Å²) in [5, 5.41) is 13.1. The minimum absolute atomic E-state index is 0.421. The summed E-state index contributed by atoms with van der Waals surface area (Å²) < 4.78 is 4.35. The molecule has 0 bridgehead atoms. The van der Waals surface area contributed by atoms with E-state index < -0.39 is 17.6 Å². The van der Waals surface area contributed by atoms with Gasteiger partial charge in [-0.3, -0.25) is 0 Å². The van der Waals surface area contributed by atoms with Gasteiger partial charge in [-0.1, -0.05) is 12.8 Å². The number of carboxylic acids is 1. The molecular weight excluding hydrogens is 174 g/mol. The Balaban J connectivity index is 2.68. The summed E-state index contributed by atoms with van der Waals surface area (Å²) in [5.74, 6) is -1.23. The largest absolute Gasteiger partial charge is 0.548 e. The Morgan fingerprint density at radius 1 is 1.38 bits per heavy atom. The minimum atomic E-state index is -1.23. The van der Waals surface area contributed by atoms with Gasteiger partial charge in [-0.2, -0.15) is 0 Å². The first kappa shape index (κ1) is 9.83. The number of hydrogen-bond donors (Lipinski definition) is 1. The van der Waals surface area contributed by atoms with Crippen molar-refractivity contribution in [1.82, 2.24) is 5.32 Å². The number of rotatable bonds is 2. The van der Waals surface area contributed by atoms with Crippen LogP contribution in [0.15, 0.2) is 0 Å². The fourth-order valence-corrected chi connectivity index (χ4v) is 1.61. The van der Waals surface area contributed by atoms with Gasteiger partial charge in [0.2, 0.25) is 0 Å². The Labute approximate surface area is 76.1 Å². The molecule has 1 aliphatic rings. The predicted molar refractivity (Wildman–Crippen MR) is 41.7 cm³/mol. The van der Waals surface area contributed by atoms with Crippen LogP contribution in [0.4, 0.5) is 4.79 Å². The van der Waals surface area contributed by atoms with E-state index in [-0.39, 0.29) is 0 Å². The SMILES string of the molecule is COC(=O)NC1(C(=O)[O-])CCCC1. The summed E-state index contributed by atoms with van der Waals surface area (Å²) in [4.78, 5) is 21.6. The van der Waals surface area contributed by atoms with Crippen LogP contribution < -0.4 is 10.4 Å². The fraction of sp³-hybridized carbons (Fsp3) is 0.750. The summed E-state index contributed by atoms with van der Waals surface area (Å²) in [5.41, 5.74) is -1.20. The molecule has 0 atom stereocenters. The van der Waals surface area contributed by atoms with Crippen LogP contribution in [0.3, 0.4) is 0 Å². The molecule has 1 rings (SSSR count). The van der Waals surface area contributed by atoms with Gasteiger partial charge in [0, 0.05) is 0 Å². The second-order valence-electron chi connectivity index (χ2n) is 3.19. The molecule has 1 fully saturated rings. The van der Waals surface area contributed by atoms with E-state index in [9.17, 15) is 14.7 Å². The monoisotopic (exact) mass is 186 g/mol. The molecule has 74 valence electrons. The molecule has 0 spiro atoms. The van der Waals surface area contributed by atoms with Crippen molar-refractivity contribution in [3.05, 3.63) is 0 Å². The Kier molecular flexibility index (Phi) is 2.75. The molecule has 1 saturated carbocycles. The van der Waals surface area contributed by atoms with Crippen molar-refractivity contribution in [3.8, 4) is 0 Å². The van der Waals surface area contributed by atoms with Gasteiger partial charge in [-0.05, 0) is 12.8 Å². The minimum Gasteiger partial charge on any atom is -0.548 e. The third-order valence-corrected chi connectivity index (χ3v) is 2.37. The Hall–Kier alpha value is -1.26. The first-order valence-corrected chi connectivity index (χ1v) is 4.18. The quantitative estimate of drug-likeness (QED) is 0.625. The topological polar surface area (TPSA) is 78.5 Å². The molecule has 5 heteroatoms. The average Bonchev–Trinajstić information content (AvgIpc) is 2.54. The molecule has 1 N–H and O–H groups in total. The van der Waals surface area contributed by atoms with E-state index in [1.807, 2.05) is 0 Å². The number of carbonyl (C=O) groups excluding carboxylic acids is 2. The number of aliphatic carboxylic acids is 1. The Bertz CT molecular complexity index is 220. The summed E-state index contributed by atoms with van der Waals surface area (Å²) in [6.07, 6.45) is 1.70. The molecule has 0 aromatic heterocycles. The Morgan fingerprint density at radius 3 is 2.31 bits per heavy atom. The smallest absolute Gasteiger partial charge is 0.407 e. The van der Waals surface area contributed by atoms with Crippen molar-refractivity contribution in [2.45, 2.75) is 31.2 Å². The molecule has 13 heavy (non-hydrogen) atoms. The zero-order chi connectivity index (χ0) is 9.90. The van der Waals surface area contributed by atoms with E-state index in [2.05, 4.69) is 10.1 Å². The maximum absolute atomic E-state index is 10.9. The highest BCUT2D eigenvalue weighted by molar-refractivity contribution is 5.83. The predicted octanol–water partition coefficient (Wildman–Crippen LogP) is -0.595. The third-order valence-electron chi connectivity index (χ3n) is 2.37. The highest BCUT2D eigenvalue weighted by Gasteiger charge is 2.37. The van der Waals surface area contributed by atoms with Crippen LogP contribution in [-0.4, -0.2) is 24.7 Å². The van der Waals surface area contributed by atoms with Crippen LogP contribution >= 0.6 is 0 Å². The molecule has 0 aromatic rings. The number of carboxylic acid groups (broad SMARTS) is 1. The van der Waals surface area contributed by atoms with Gasteiger partial charge in [0.1, 0.15) is 0 Å². The Morgan fingerprint density at radius 2 is 1.92 bits per heavy atom. The lowest BCUT2D eigenvalue weighted by Crippen LogP contribution is -2.58. The average molecular weight is 186 g/mol. The molecular formula is C8H12NO4-. The molecule has 5 nitrogen and oxygen atoms in total. The molecule has 0 heterocycles. The van der Waals surface area contributed by atoms with Crippen molar-refractivity contribution in [3.63, 3.8) is 0 Å². The van der Waals surface area contributed by atoms with E-state index in [1.54, 1.807) is 0 Å². The van der Waals surface area contributed by atoms with Gasteiger partial charge in [0.05, 0.1) is 18.6 Å². The lowest BCUT2D eigenvalue weighted by atomic mass is 9.98. The normalized spacial score (nSPS) is 19.5. The number of alkyl carbamates (subject to hydrolysis) is 1. The summed E-state index contributed by atoms with van der Waals surface area (Å²) in [6.45, 7) is 0. The highest BCUT2D eigenvalue weighted by Crippen LogP contribution is 2.29. The standard InChI is InChI=1S/C8H13NO4/c1-13-7(12)9-8(6(10)11)4-2-3-5-8/h2-5H2,1H3,(H,9,12)(H,10,11)/p-1. The van der Waals surface area contributed by atoms with Gasteiger partial charge in [0.15, 0.2) is 0 Å². The van der Waals surface area contributed by atoms with Crippen molar-refractivity contribution in [2.75, 3.05) is 7.11 Å². The van der Waals surface area contributed by atoms with Crippen LogP contribution in [0.1, 0.15) is 25.7 Å². The number of ether oxygens (including phenoxy) is 1. The lowest BCUT2D eigenvalue weighted by Gasteiger charge is -2.30. The summed E-state index contributed by atoms with van der Waals surface area (Å²) in [7, 11) is 1.20. The first-order valence-electron chi connectivity index (χ1n) is 4.18. The van der Waals surface area contributed by atoms with E-state index >= 15 is 0 Å². The van der Waals surface area contributed by atoms with Gasteiger partial charge in [-0.15, -0.1) is 0 Å². The van der Waals surface area contributed by atoms with Gasteiger partial charge in [0.25, 0.3) is 0 Å². The van der Waals surface area contributed by atoms with E-state index in [0.717, 1.165) is 12.8 Å². The molecule has 1 amide bonds. The van der Waals surface area contributed by atoms with Crippen LogP contribution in [0.25, 0.3) is 0 Å². The van der Waals surface area contributed by atoms with Gasteiger partial charge >= 0.3 is 6.09 Å². The van der Waals surface area contributed by atoms with E-state index in [0.29, 0.717) is 12.8 Å². The van der Waals surface area contributed by atoms with Gasteiger partial charge in [-0.25, -0.2) is 4.79 Å². The number of methoxy groups -OCH3 is 1. The number of carbonyl (C=O) groups is 2. The highest BCUT2D eigenvalue weighted by atomic mass is 16.5. The molecule has 0 saturated heterocycles. The van der Waals surface area contributed by atoms with Crippen LogP contribution in [0.5, 0.6) is 0 Å². The van der Waals surface area contributed by atoms with Crippen molar-refractivity contribution in [2.24, 2.45) is 0 Å². The second kappa shape index (κ2) is 3.64. The van der Waals surface area contributed by atoms with Crippen molar-refractivity contribution < 1.29 is 19.4 Å². The maximum atomic E-state index is 10.9. The lowest BCUT2D eigenvalue weighted by molar-refractivity contribution is -0.314. The summed E-state index contributed by atoms with van der Waals surface area (Å²) >= 11 is 0. The zero-order valence-electron chi connectivity index (χ0n) is 7.46. The number of nitrogens with one attached hydrogen (secondary N) is 1. The zero-order valence-corrected chi connectivity index (χ0v) is 7.46. The van der Waals surface area contributed by atoms with Crippen LogP contribution in [0.2, 0.25) is 0 Å². The molecule has 0 aromatic carbocycles. The molecule has 1 aliphatic carbocycles. The molecule has 0 aliphatic heterocycles. The van der Waals surface area contributed by atoms with E-state index in [4.69, 9.17) is 0 Å². The van der Waals surface area contributed by atoms with E-state index in [1.165, 1.54) is 7.11 Å². The van der Waals surface area contributed by atoms with Gasteiger partial charge < -0.3 is 20.0 Å². The second-order valence-corrected chi connectivity index (χ2v) is 3.19. The summed E-state index contributed by atoms with van der Waals surface area (Å²) in [6, 6.07) is 0. The molecule has 0 radical (unpaired) electrons. The fourth-order valence-electron chi connectivity index (χ4n) is 1.61. The van der Waals surface area contributed by atoms with Crippen LogP contribution in [0, 0.1) is 0 Å². The van der Waals surface area contributed by atoms with Crippen molar-refractivity contribution >= 4 is 12.1 Å². The number of hydrogen-bond acceptors (Lipinski definition) is 4.